The van der Waals surface area contributed by atoms with Crippen molar-refractivity contribution in [2.24, 2.45) is 0 Å². The fourth-order valence-corrected chi connectivity index (χ4v) is 3.27. The molecule has 3 aromatic rings. The molecule has 0 fully saturated rings. The number of H-pyrrole nitrogens is 1. The van der Waals surface area contributed by atoms with Gasteiger partial charge in [-0.3, -0.25) is 5.10 Å². The Labute approximate surface area is 141 Å². The number of nitrogens with zero attached hydrogens (tertiary/aromatic N) is 3. The van der Waals surface area contributed by atoms with E-state index >= 15 is 0 Å². The smallest absolute Gasteiger partial charge is 0.279 e. The van der Waals surface area contributed by atoms with Gasteiger partial charge in [0.15, 0.2) is 0 Å². The van der Waals surface area contributed by atoms with Gasteiger partial charge in [-0.2, -0.15) is 10.4 Å². The number of benzene rings is 1. The lowest BCUT2D eigenvalue weighted by atomic mass is 9.81. The standard InChI is InChI=1S/C17H13F2N5O/c1-7-10-5-9(3-4-12(10)23-22-7)14-11(6-20)15(16(18)19)21-17-13(14)8(2)24-25-17/h3-5,14,16,21H,1-2H3,(H,22,23). The van der Waals surface area contributed by atoms with Crippen molar-refractivity contribution >= 4 is 16.8 Å². The molecule has 1 atom stereocenters. The van der Waals surface area contributed by atoms with Gasteiger partial charge in [0.05, 0.1) is 45.7 Å². The van der Waals surface area contributed by atoms with Crippen molar-refractivity contribution in [2.45, 2.75) is 26.2 Å². The maximum atomic E-state index is 13.5. The van der Waals surface area contributed by atoms with Crippen LogP contribution in [0.2, 0.25) is 0 Å². The van der Waals surface area contributed by atoms with Crippen LogP contribution in [0.1, 0.15) is 28.4 Å². The molecule has 0 saturated heterocycles. The van der Waals surface area contributed by atoms with Crippen LogP contribution in [-0.4, -0.2) is 21.8 Å². The highest BCUT2D eigenvalue weighted by Crippen LogP contribution is 2.44. The van der Waals surface area contributed by atoms with Crippen molar-refractivity contribution in [1.82, 2.24) is 15.4 Å². The highest BCUT2D eigenvalue weighted by Gasteiger charge is 2.37. The van der Waals surface area contributed by atoms with Crippen LogP contribution in [0.5, 0.6) is 0 Å². The molecule has 126 valence electrons. The maximum absolute atomic E-state index is 13.5. The second-order valence-corrected chi connectivity index (χ2v) is 5.92. The van der Waals surface area contributed by atoms with E-state index < -0.39 is 18.0 Å². The molecule has 25 heavy (non-hydrogen) atoms. The topological polar surface area (TPSA) is 90.5 Å². The van der Waals surface area contributed by atoms with Gasteiger partial charge in [0.1, 0.15) is 0 Å². The minimum absolute atomic E-state index is 0.0331. The predicted octanol–water partition coefficient (Wildman–Crippen LogP) is 3.77. The monoisotopic (exact) mass is 341 g/mol. The Balaban J connectivity index is 1.99. The number of fused-ring (bicyclic) bond motifs is 2. The van der Waals surface area contributed by atoms with Gasteiger partial charge in [-0.25, -0.2) is 8.78 Å². The van der Waals surface area contributed by atoms with Crippen molar-refractivity contribution in [3.63, 3.8) is 0 Å². The van der Waals surface area contributed by atoms with Gasteiger partial charge in [0.2, 0.25) is 5.88 Å². The Morgan fingerprint density at radius 2 is 2.08 bits per heavy atom. The van der Waals surface area contributed by atoms with E-state index in [1.54, 1.807) is 13.0 Å². The molecule has 1 aliphatic heterocycles. The molecule has 1 unspecified atom stereocenters. The molecule has 0 spiro atoms. The second-order valence-electron chi connectivity index (χ2n) is 5.92. The third-order valence-electron chi connectivity index (χ3n) is 4.47. The van der Waals surface area contributed by atoms with Crippen LogP contribution >= 0.6 is 0 Å². The van der Waals surface area contributed by atoms with E-state index in [1.165, 1.54) is 0 Å². The van der Waals surface area contributed by atoms with Gasteiger partial charge in [0.25, 0.3) is 6.43 Å². The highest BCUT2D eigenvalue weighted by molar-refractivity contribution is 5.82. The molecule has 0 saturated carbocycles. The van der Waals surface area contributed by atoms with Gasteiger partial charge in [-0.1, -0.05) is 11.2 Å². The van der Waals surface area contributed by atoms with Gasteiger partial charge in [-0.15, -0.1) is 0 Å². The van der Waals surface area contributed by atoms with Crippen LogP contribution < -0.4 is 5.32 Å². The van der Waals surface area contributed by atoms with Crippen molar-refractivity contribution in [3.8, 4) is 6.07 Å². The molecule has 3 heterocycles. The normalized spacial score (nSPS) is 16.9. The average molecular weight is 341 g/mol. The predicted molar refractivity (Wildman–Crippen MR) is 86.2 cm³/mol. The van der Waals surface area contributed by atoms with E-state index in [9.17, 15) is 14.0 Å². The number of halogens is 2. The summed E-state index contributed by atoms with van der Waals surface area (Å²) in [5.74, 6) is -0.518. The number of aromatic nitrogens is 3. The van der Waals surface area contributed by atoms with Gasteiger partial charge >= 0.3 is 0 Å². The van der Waals surface area contributed by atoms with Gasteiger partial charge in [0, 0.05) is 5.39 Å². The number of nitriles is 1. The molecule has 0 amide bonds. The van der Waals surface area contributed by atoms with Gasteiger partial charge in [-0.05, 0) is 31.5 Å². The number of aryl methyl sites for hydroxylation is 2. The van der Waals surface area contributed by atoms with Crippen LogP contribution in [0.25, 0.3) is 10.9 Å². The third kappa shape index (κ3) is 2.20. The molecular weight excluding hydrogens is 328 g/mol. The Kier molecular flexibility index (Phi) is 3.32. The molecule has 2 N–H and O–H groups in total. The first-order valence-electron chi connectivity index (χ1n) is 7.61. The average Bonchev–Trinajstić information content (AvgIpc) is 3.16. The summed E-state index contributed by atoms with van der Waals surface area (Å²) in [5.41, 5.74) is 3.02. The van der Waals surface area contributed by atoms with Crippen molar-refractivity contribution < 1.29 is 13.3 Å². The van der Waals surface area contributed by atoms with E-state index in [0.29, 0.717) is 16.8 Å². The molecule has 2 aromatic heterocycles. The summed E-state index contributed by atoms with van der Waals surface area (Å²) in [4.78, 5) is 0. The van der Waals surface area contributed by atoms with Crippen LogP contribution in [0, 0.1) is 25.2 Å². The van der Waals surface area contributed by atoms with Crippen molar-refractivity contribution in [1.29, 1.82) is 5.26 Å². The number of rotatable bonds is 2. The SMILES string of the molecule is Cc1noc2c1C(c1ccc3[nH]nc(C)c3c1)C(C#N)=C(C(F)F)N2. The van der Waals surface area contributed by atoms with Gasteiger partial charge < -0.3 is 9.84 Å². The zero-order valence-electron chi connectivity index (χ0n) is 13.4. The quantitative estimate of drug-likeness (QED) is 0.740. The lowest BCUT2D eigenvalue weighted by molar-refractivity contribution is 0.188. The summed E-state index contributed by atoms with van der Waals surface area (Å²) < 4.78 is 32.1. The first-order chi connectivity index (χ1) is 12.0. The Morgan fingerprint density at radius 3 is 2.80 bits per heavy atom. The fraction of sp³-hybridized carbons (Fsp3) is 0.235. The minimum atomic E-state index is -2.82. The van der Waals surface area contributed by atoms with Crippen LogP contribution in [0.3, 0.4) is 0 Å². The molecule has 6 nitrogen and oxygen atoms in total. The fourth-order valence-electron chi connectivity index (χ4n) is 3.27. The molecule has 1 aliphatic rings. The number of anilines is 1. The summed E-state index contributed by atoms with van der Waals surface area (Å²) in [6.07, 6.45) is -2.82. The van der Waals surface area contributed by atoms with E-state index in [2.05, 4.69) is 20.7 Å². The largest absolute Gasteiger partial charge is 0.338 e. The van der Waals surface area contributed by atoms with E-state index in [4.69, 9.17) is 4.52 Å². The van der Waals surface area contributed by atoms with Crippen LogP contribution in [0.4, 0.5) is 14.7 Å². The molecule has 0 bridgehead atoms. The van der Waals surface area contributed by atoms with E-state index in [-0.39, 0.29) is 11.5 Å². The molecule has 0 aliphatic carbocycles. The Morgan fingerprint density at radius 1 is 1.28 bits per heavy atom. The number of alkyl halides is 2. The summed E-state index contributed by atoms with van der Waals surface area (Å²) in [6, 6.07) is 7.43. The first kappa shape index (κ1) is 15.3. The highest BCUT2D eigenvalue weighted by atomic mass is 19.3. The lowest BCUT2D eigenvalue weighted by Gasteiger charge is -2.25. The van der Waals surface area contributed by atoms with E-state index in [0.717, 1.165) is 16.6 Å². The van der Waals surface area contributed by atoms with Crippen LogP contribution in [0.15, 0.2) is 34.0 Å². The lowest BCUT2D eigenvalue weighted by Crippen LogP contribution is -2.22. The third-order valence-corrected chi connectivity index (χ3v) is 4.47. The Hall–Kier alpha value is -3.21. The molecule has 4 rings (SSSR count). The number of hydrogen-bond donors (Lipinski definition) is 2. The number of nitrogens with one attached hydrogen (secondary N) is 2. The summed E-state index contributed by atoms with van der Waals surface area (Å²) in [7, 11) is 0. The van der Waals surface area contributed by atoms with Crippen LogP contribution in [-0.2, 0) is 0 Å². The van der Waals surface area contributed by atoms with Crippen molar-refractivity contribution in [2.75, 3.05) is 5.32 Å². The molecule has 1 aromatic carbocycles. The molecular formula is C17H13F2N5O. The summed E-state index contributed by atoms with van der Waals surface area (Å²) in [6.45, 7) is 3.58. The zero-order chi connectivity index (χ0) is 17.7. The Bertz CT molecular complexity index is 1060. The summed E-state index contributed by atoms with van der Waals surface area (Å²) in [5, 5.41) is 23.9. The minimum Gasteiger partial charge on any atom is -0.338 e. The van der Waals surface area contributed by atoms with Crippen molar-refractivity contribution in [3.05, 3.63) is 52.0 Å². The number of allylic oxidation sites excluding steroid dienone is 2. The number of aromatic amines is 1. The summed E-state index contributed by atoms with van der Waals surface area (Å²) >= 11 is 0. The number of hydrogen-bond acceptors (Lipinski definition) is 5. The second kappa shape index (κ2) is 5.41. The zero-order valence-corrected chi connectivity index (χ0v) is 13.4. The van der Waals surface area contributed by atoms with E-state index in [1.807, 2.05) is 25.1 Å². The first-order valence-corrected chi connectivity index (χ1v) is 7.61. The maximum Gasteiger partial charge on any atom is 0.279 e. The molecule has 0 radical (unpaired) electrons. The molecule has 8 heteroatoms.